The van der Waals surface area contributed by atoms with Crippen molar-refractivity contribution in [2.75, 3.05) is 44.2 Å². The molecule has 2 fully saturated rings. The highest BCUT2D eigenvalue weighted by molar-refractivity contribution is 5.86. The molecule has 130 valence electrons. The van der Waals surface area contributed by atoms with Crippen LogP contribution in [-0.2, 0) is 9.59 Å². The average Bonchev–Trinajstić information content (AvgIpc) is 2.62. The van der Waals surface area contributed by atoms with Gasteiger partial charge in [0.1, 0.15) is 0 Å². The highest BCUT2D eigenvalue weighted by Crippen LogP contribution is 2.25. The number of β-amino-alcohol motifs (C(OH)–C–C–N with tert-alkyl or cyclic N) is 1. The number of hydrogen-bond donors (Lipinski definition) is 1. The summed E-state index contributed by atoms with van der Waals surface area (Å²) in [5, 5.41) is 10.8. The summed E-state index contributed by atoms with van der Waals surface area (Å²) in [5.74, 6) is -0.323. The molecule has 2 aliphatic rings. The highest BCUT2D eigenvalue weighted by Gasteiger charge is 2.43. The van der Waals surface area contributed by atoms with Crippen LogP contribution >= 0.6 is 0 Å². The minimum Gasteiger partial charge on any atom is -0.378 e. The zero-order chi connectivity index (χ0) is 17.2. The molecule has 0 bridgehead atoms. The number of rotatable bonds is 2. The summed E-state index contributed by atoms with van der Waals surface area (Å²) < 4.78 is 0. The molecule has 0 radical (unpaired) electrons. The van der Waals surface area contributed by atoms with Gasteiger partial charge in [-0.05, 0) is 25.0 Å². The van der Waals surface area contributed by atoms with Gasteiger partial charge in [-0.15, -0.1) is 0 Å². The first-order valence-corrected chi connectivity index (χ1v) is 8.57. The maximum Gasteiger partial charge on any atom is 0.256 e. The quantitative estimate of drug-likeness (QED) is 0.867. The van der Waals surface area contributed by atoms with E-state index in [9.17, 15) is 14.7 Å². The van der Waals surface area contributed by atoms with Crippen molar-refractivity contribution in [2.24, 2.45) is 0 Å². The number of anilines is 1. The van der Waals surface area contributed by atoms with Gasteiger partial charge in [0.05, 0.1) is 6.54 Å². The molecule has 2 saturated heterocycles. The molecule has 0 saturated carbocycles. The van der Waals surface area contributed by atoms with Crippen LogP contribution in [0.15, 0.2) is 30.3 Å². The number of likely N-dealkylation sites (tertiary alicyclic amines) is 1. The van der Waals surface area contributed by atoms with E-state index in [1.807, 2.05) is 18.2 Å². The third-order valence-corrected chi connectivity index (χ3v) is 5.00. The Bertz CT molecular complexity index is 599. The number of carbonyl (C=O) groups excluding carboxylic acids is 2. The van der Waals surface area contributed by atoms with E-state index in [-0.39, 0.29) is 18.4 Å². The number of para-hydroxylation sites is 1. The van der Waals surface area contributed by atoms with Crippen LogP contribution < -0.4 is 4.90 Å². The van der Waals surface area contributed by atoms with Gasteiger partial charge in [-0.3, -0.25) is 9.59 Å². The van der Waals surface area contributed by atoms with E-state index in [1.165, 1.54) is 6.92 Å². The molecule has 1 aromatic carbocycles. The highest BCUT2D eigenvalue weighted by atomic mass is 16.3. The molecule has 6 heteroatoms. The second-order valence-corrected chi connectivity index (χ2v) is 6.69. The molecule has 2 amide bonds. The van der Waals surface area contributed by atoms with E-state index in [1.54, 1.807) is 9.80 Å². The van der Waals surface area contributed by atoms with E-state index in [2.05, 4.69) is 17.0 Å². The Hall–Kier alpha value is -2.08. The minimum absolute atomic E-state index is 0.0881. The van der Waals surface area contributed by atoms with Gasteiger partial charge in [0, 0.05) is 45.3 Å². The van der Waals surface area contributed by atoms with Crippen molar-refractivity contribution in [2.45, 2.75) is 25.4 Å². The van der Waals surface area contributed by atoms with Crippen LogP contribution in [0.25, 0.3) is 0 Å². The molecule has 24 heavy (non-hydrogen) atoms. The molecule has 2 aliphatic heterocycles. The standard InChI is InChI=1S/C18H25N3O3/c1-15(22)21-9-5-8-18(24,14-21)17(23)20-12-10-19(11-13-20)16-6-3-2-4-7-16/h2-4,6-7,24H,5,8-14H2,1H3/t18-/m0/s1. The van der Waals surface area contributed by atoms with Crippen molar-refractivity contribution >= 4 is 17.5 Å². The predicted octanol–water partition coefficient (Wildman–Crippen LogP) is 0.709. The van der Waals surface area contributed by atoms with Crippen LogP contribution in [0, 0.1) is 0 Å². The fourth-order valence-electron chi connectivity index (χ4n) is 3.58. The second kappa shape index (κ2) is 6.81. The van der Waals surface area contributed by atoms with E-state index in [0.717, 1.165) is 18.8 Å². The number of piperazine rings is 1. The molecule has 0 unspecified atom stereocenters. The first-order chi connectivity index (χ1) is 11.5. The van der Waals surface area contributed by atoms with E-state index < -0.39 is 5.60 Å². The lowest BCUT2D eigenvalue weighted by atomic mass is 9.91. The number of benzene rings is 1. The normalized spacial score (nSPS) is 24.8. The molecule has 2 heterocycles. The van der Waals surface area contributed by atoms with Crippen molar-refractivity contribution in [3.8, 4) is 0 Å². The van der Waals surface area contributed by atoms with Crippen molar-refractivity contribution in [3.63, 3.8) is 0 Å². The third-order valence-electron chi connectivity index (χ3n) is 5.00. The largest absolute Gasteiger partial charge is 0.378 e. The second-order valence-electron chi connectivity index (χ2n) is 6.69. The zero-order valence-electron chi connectivity index (χ0n) is 14.1. The number of nitrogens with zero attached hydrogens (tertiary/aromatic N) is 3. The lowest BCUT2D eigenvalue weighted by Gasteiger charge is -2.43. The number of aliphatic hydroxyl groups is 1. The average molecular weight is 331 g/mol. The van der Waals surface area contributed by atoms with Gasteiger partial charge in [-0.2, -0.15) is 0 Å². The van der Waals surface area contributed by atoms with Crippen LogP contribution in [-0.4, -0.2) is 71.6 Å². The van der Waals surface area contributed by atoms with Gasteiger partial charge in [0.15, 0.2) is 5.60 Å². The summed E-state index contributed by atoms with van der Waals surface area (Å²) in [6.07, 6.45) is 1.08. The van der Waals surface area contributed by atoms with E-state index in [0.29, 0.717) is 32.5 Å². The molecule has 0 spiro atoms. The van der Waals surface area contributed by atoms with Crippen LogP contribution in [0.1, 0.15) is 19.8 Å². The molecular weight excluding hydrogens is 306 g/mol. The Morgan fingerprint density at radius 1 is 1.00 bits per heavy atom. The number of hydrogen-bond acceptors (Lipinski definition) is 4. The summed E-state index contributed by atoms with van der Waals surface area (Å²) >= 11 is 0. The summed E-state index contributed by atoms with van der Waals surface area (Å²) in [4.78, 5) is 29.9. The van der Waals surface area contributed by atoms with Crippen molar-refractivity contribution < 1.29 is 14.7 Å². The Labute approximate surface area is 142 Å². The first kappa shape index (κ1) is 16.8. The van der Waals surface area contributed by atoms with Crippen molar-refractivity contribution in [3.05, 3.63) is 30.3 Å². The third kappa shape index (κ3) is 3.38. The molecule has 6 nitrogen and oxygen atoms in total. The van der Waals surface area contributed by atoms with Gasteiger partial charge in [-0.1, -0.05) is 18.2 Å². The summed E-state index contributed by atoms with van der Waals surface area (Å²) in [6.45, 7) is 4.90. The van der Waals surface area contributed by atoms with Crippen LogP contribution in [0.4, 0.5) is 5.69 Å². The van der Waals surface area contributed by atoms with Gasteiger partial charge in [0.25, 0.3) is 5.91 Å². The van der Waals surface area contributed by atoms with Crippen molar-refractivity contribution in [1.29, 1.82) is 0 Å². The maximum atomic E-state index is 12.8. The topological polar surface area (TPSA) is 64.1 Å². The van der Waals surface area contributed by atoms with Gasteiger partial charge >= 0.3 is 0 Å². The molecular formula is C18H25N3O3. The van der Waals surface area contributed by atoms with Gasteiger partial charge in [-0.25, -0.2) is 0 Å². The fraction of sp³-hybridized carbons (Fsp3) is 0.556. The molecule has 0 aliphatic carbocycles. The molecule has 0 aromatic heterocycles. The molecule has 1 N–H and O–H groups in total. The van der Waals surface area contributed by atoms with Crippen LogP contribution in [0.5, 0.6) is 0 Å². The maximum absolute atomic E-state index is 12.8. The SMILES string of the molecule is CC(=O)N1CCC[C@@](O)(C(=O)N2CCN(c3ccccc3)CC2)C1. The lowest BCUT2D eigenvalue weighted by Crippen LogP contribution is -2.61. The van der Waals surface area contributed by atoms with Gasteiger partial charge in [0.2, 0.25) is 5.91 Å². The number of amides is 2. The Balaban J connectivity index is 1.61. The smallest absolute Gasteiger partial charge is 0.256 e. The van der Waals surface area contributed by atoms with Crippen LogP contribution in [0.2, 0.25) is 0 Å². The Morgan fingerprint density at radius 2 is 1.67 bits per heavy atom. The molecule has 1 atom stereocenters. The van der Waals surface area contributed by atoms with Crippen molar-refractivity contribution in [1.82, 2.24) is 9.80 Å². The minimum atomic E-state index is -1.43. The van der Waals surface area contributed by atoms with E-state index >= 15 is 0 Å². The predicted molar refractivity (Wildman–Crippen MR) is 91.7 cm³/mol. The zero-order valence-corrected chi connectivity index (χ0v) is 14.1. The first-order valence-electron chi connectivity index (χ1n) is 8.57. The fourth-order valence-corrected chi connectivity index (χ4v) is 3.58. The monoisotopic (exact) mass is 331 g/mol. The number of carbonyl (C=O) groups is 2. The number of piperidine rings is 1. The summed E-state index contributed by atoms with van der Waals surface area (Å²) in [6, 6.07) is 10.1. The lowest BCUT2D eigenvalue weighted by molar-refractivity contribution is -0.160. The van der Waals surface area contributed by atoms with Crippen LogP contribution in [0.3, 0.4) is 0 Å². The summed E-state index contributed by atoms with van der Waals surface area (Å²) in [7, 11) is 0. The molecule has 3 rings (SSSR count). The van der Waals surface area contributed by atoms with E-state index in [4.69, 9.17) is 0 Å². The Morgan fingerprint density at radius 3 is 2.29 bits per heavy atom. The summed E-state index contributed by atoms with van der Waals surface area (Å²) in [5.41, 5.74) is -0.275. The van der Waals surface area contributed by atoms with Gasteiger partial charge < -0.3 is 19.8 Å². The Kier molecular flexibility index (Phi) is 4.76. The molecule has 1 aromatic rings.